The maximum Gasteiger partial charge on any atom is 0.407 e. The maximum atomic E-state index is 12.1. The number of rotatable bonds is 8. The van der Waals surface area contributed by atoms with Crippen LogP contribution in [0.4, 0.5) is 4.79 Å². The molecule has 1 aromatic rings. The average molecular weight is 376 g/mol. The number of hydrogen-bond acceptors (Lipinski definition) is 4. The van der Waals surface area contributed by atoms with Crippen molar-refractivity contribution in [3.63, 3.8) is 0 Å². The number of ether oxygens (including phenoxy) is 1. The number of alkyl carbamates (subject to hydrolysis) is 1. The Labute approximate surface area is 163 Å². The van der Waals surface area contributed by atoms with E-state index in [2.05, 4.69) is 22.3 Å². The van der Waals surface area contributed by atoms with Crippen LogP contribution in [0, 0.1) is 12.3 Å². The molecule has 0 saturated carbocycles. The largest absolute Gasteiger partial charge is 0.449 e. The molecule has 3 rings (SSSR count). The van der Waals surface area contributed by atoms with Crippen LogP contribution in [0.2, 0.25) is 0 Å². The van der Waals surface area contributed by atoms with Gasteiger partial charge in [-0.15, -0.1) is 12.2 Å². The Hall–Kier alpha value is -3.55. The minimum atomic E-state index is -0.803. The van der Waals surface area contributed by atoms with Gasteiger partial charge < -0.3 is 20.2 Å². The van der Waals surface area contributed by atoms with Crippen LogP contribution in [0.15, 0.2) is 47.7 Å². The number of carbonyl (C=O) groups excluding carboxylic acids is 3. The summed E-state index contributed by atoms with van der Waals surface area (Å²) >= 11 is 0. The summed E-state index contributed by atoms with van der Waals surface area (Å²) < 4.78 is 5.36. The van der Waals surface area contributed by atoms with Crippen molar-refractivity contribution in [3.8, 4) is 12.3 Å². The highest BCUT2D eigenvalue weighted by atomic mass is 16.5. The van der Waals surface area contributed by atoms with Crippen LogP contribution >= 0.6 is 0 Å². The van der Waals surface area contributed by atoms with E-state index in [1.165, 1.54) is 0 Å². The van der Waals surface area contributed by atoms with E-state index in [1.54, 1.807) is 0 Å². The van der Waals surface area contributed by atoms with Crippen molar-refractivity contribution in [1.29, 1.82) is 0 Å². The predicted octanol–water partition coefficient (Wildman–Crippen LogP) is 2.09. The van der Waals surface area contributed by atoms with Crippen molar-refractivity contribution in [2.24, 2.45) is 0 Å². The van der Waals surface area contributed by atoms with Crippen molar-refractivity contribution in [2.75, 3.05) is 13.2 Å². The average Bonchev–Trinajstić information content (AvgIpc) is 3.29. The van der Waals surface area contributed by atoms with Crippen LogP contribution in [0.3, 0.4) is 0 Å². The summed E-state index contributed by atoms with van der Waals surface area (Å²) in [6.45, 7) is 0.284. The molecule has 2 aliphatic rings. The smallest absolute Gasteiger partial charge is 0.407 e. The first-order valence-electron chi connectivity index (χ1n) is 8.98. The molecule has 1 unspecified atom stereocenters. The van der Waals surface area contributed by atoms with E-state index in [9.17, 15) is 14.4 Å². The second kappa shape index (κ2) is 8.90. The third kappa shape index (κ3) is 4.22. The van der Waals surface area contributed by atoms with E-state index in [4.69, 9.17) is 11.2 Å². The molecule has 0 fully saturated rings. The fourth-order valence-electron chi connectivity index (χ4n) is 3.34. The summed E-state index contributed by atoms with van der Waals surface area (Å²) in [7, 11) is 0. The summed E-state index contributed by atoms with van der Waals surface area (Å²) in [5.74, 6) is 1.96. The zero-order valence-electron chi connectivity index (χ0n) is 15.2. The van der Waals surface area contributed by atoms with Crippen molar-refractivity contribution in [3.05, 3.63) is 58.8 Å². The van der Waals surface area contributed by atoms with E-state index in [0.717, 1.165) is 22.3 Å². The third-order valence-corrected chi connectivity index (χ3v) is 4.70. The van der Waals surface area contributed by atoms with Crippen LogP contribution in [-0.2, 0) is 14.3 Å². The van der Waals surface area contributed by atoms with Gasteiger partial charge in [0.15, 0.2) is 0 Å². The first-order valence-corrected chi connectivity index (χ1v) is 8.98. The quantitative estimate of drug-likeness (QED) is 0.413. The molecule has 2 amide bonds. The van der Waals surface area contributed by atoms with E-state index in [-0.39, 0.29) is 37.8 Å². The van der Waals surface area contributed by atoms with Crippen molar-refractivity contribution in [1.82, 2.24) is 10.6 Å². The minimum Gasteiger partial charge on any atom is -0.449 e. The Morgan fingerprint density at radius 1 is 1.32 bits per heavy atom. The molecule has 2 atom stereocenters. The highest BCUT2D eigenvalue weighted by Crippen LogP contribution is 2.44. The monoisotopic (exact) mass is 376 g/mol. The van der Waals surface area contributed by atoms with Crippen molar-refractivity contribution < 1.29 is 19.1 Å². The fourth-order valence-corrected chi connectivity index (χ4v) is 3.34. The lowest BCUT2D eigenvalue weighted by atomic mass is 9.97. The Bertz CT molecular complexity index is 932. The zero-order valence-corrected chi connectivity index (χ0v) is 15.2. The van der Waals surface area contributed by atoms with Gasteiger partial charge in [-0.25, -0.2) is 4.79 Å². The number of nitrogens with one attached hydrogen (secondary N) is 2. The number of carbonyl (C=O) groups is 3. The standard InChI is InChI=1S/C22H20N2O4/c1-2-12-23-21(26)11-10-15(13-25)24-22(27)28-14-20-18-7-4-3-6-16(18)17-8-5-9-19(17)20/h1,3-4,6-9,13,15,20H,10-12,14H2,(H,23,26)(H,24,27)/t15-,20?/m0/s1. The lowest BCUT2D eigenvalue weighted by Crippen LogP contribution is -2.38. The second-order valence-corrected chi connectivity index (χ2v) is 6.47. The van der Waals surface area contributed by atoms with Crippen molar-refractivity contribution in [2.45, 2.75) is 24.8 Å². The molecule has 0 aromatic heterocycles. The molecule has 1 aromatic carbocycles. The number of aldehydes is 1. The second-order valence-electron chi connectivity index (χ2n) is 6.47. The number of hydrogen-bond donors (Lipinski definition) is 2. The Morgan fingerprint density at radius 2 is 2.14 bits per heavy atom. The van der Waals surface area contributed by atoms with Gasteiger partial charge in [0, 0.05) is 12.3 Å². The Balaban J connectivity index is 1.51. The number of terminal acetylenes is 1. The zero-order chi connectivity index (χ0) is 19.9. The molecule has 6 nitrogen and oxygen atoms in total. The number of allylic oxidation sites excluding steroid dienone is 2. The number of amides is 2. The maximum absolute atomic E-state index is 12.1. The molecular formula is C22H20N2O4. The molecule has 0 heterocycles. The van der Waals surface area contributed by atoms with Crippen LogP contribution in [0.25, 0.3) is 5.57 Å². The Kier molecular flexibility index (Phi) is 6.11. The molecule has 0 saturated heterocycles. The molecule has 0 radical (unpaired) electrons. The van der Waals surface area contributed by atoms with Gasteiger partial charge in [0.1, 0.15) is 12.9 Å². The van der Waals surface area contributed by atoms with Gasteiger partial charge >= 0.3 is 6.09 Å². The summed E-state index contributed by atoms with van der Waals surface area (Å²) in [5, 5.41) is 4.99. The van der Waals surface area contributed by atoms with Gasteiger partial charge in [-0.2, -0.15) is 0 Å². The van der Waals surface area contributed by atoms with E-state index >= 15 is 0 Å². The molecule has 2 N–H and O–H groups in total. The molecule has 0 spiro atoms. The molecule has 28 heavy (non-hydrogen) atoms. The molecule has 6 heteroatoms. The van der Waals surface area contributed by atoms with Crippen LogP contribution in [-0.4, -0.2) is 37.5 Å². The highest BCUT2D eigenvalue weighted by Gasteiger charge is 2.31. The van der Waals surface area contributed by atoms with Crippen molar-refractivity contribution >= 4 is 23.9 Å². The first-order chi connectivity index (χ1) is 13.6. The number of fused-ring (bicyclic) bond motifs is 2. The van der Waals surface area contributed by atoms with E-state index in [1.807, 2.05) is 36.4 Å². The predicted molar refractivity (Wildman–Crippen MR) is 104 cm³/mol. The van der Waals surface area contributed by atoms with Gasteiger partial charge in [0.05, 0.1) is 12.6 Å². The normalized spacial score (nSPS) is 16.8. The van der Waals surface area contributed by atoms with Crippen LogP contribution in [0.5, 0.6) is 0 Å². The van der Waals surface area contributed by atoms with Crippen LogP contribution < -0.4 is 10.6 Å². The molecule has 142 valence electrons. The lowest BCUT2D eigenvalue weighted by Gasteiger charge is -2.17. The lowest BCUT2D eigenvalue weighted by molar-refractivity contribution is -0.121. The first kappa shape index (κ1) is 19.2. The summed E-state index contributed by atoms with van der Waals surface area (Å²) in [5.41, 5.74) is 7.49. The van der Waals surface area contributed by atoms with Gasteiger partial charge in [0.25, 0.3) is 0 Å². The van der Waals surface area contributed by atoms with Gasteiger partial charge in [-0.05, 0) is 40.8 Å². The summed E-state index contributed by atoms with van der Waals surface area (Å²) in [4.78, 5) is 34.8. The minimum absolute atomic E-state index is 0.0626. The fraction of sp³-hybridized carbons (Fsp3) is 0.273. The summed E-state index contributed by atoms with van der Waals surface area (Å²) in [6, 6.07) is 7.18. The summed E-state index contributed by atoms with van der Waals surface area (Å²) in [6.07, 6.45) is 9.05. The topological polar surface area (TPSA) is 84.5 Å². The van der Waals surface area contributed by atoms with Crippen LogP contribution in [0.1, 0.15) is 29.9 Å². The van der Waals surface area contributed by atoms with E-state index in [0.29, 0.717) is 6.29 Å². The van der Waals surface area contributed by atoms with Gasteiger partial charge in [0.2, 0.25) is 5.91 Å². The Morgan fingerprint density at radius 3 is 2.93 bits per heavy atom. The molecule has 2 aliphatic carbocycles. The van der Waals surface area contributed by atoms with Gasteiger partial charge in [-0.1, -0.05) is 30.2 Å². The molecule has 0 aliphatic heterocycles. The molecular weight excluding hydrogens is 356 g/mol. The third-order valence-electron chi connectivity index (χ3n) is 4.70. The van der Waals surface area contributed by atoms with E-state index < -0.39 is 12.1 Å². The number of benzene rings is 1. The SMILES string of the molecule is C#CCNC(=O)CC[C@@H](C=O)NC(=O)OCC1C2=C(C=C=C2)c2ccccc21. The molecule has 0 bridgehead atoms. The highest BCUT2D eigenvalue weighted by molar-refractivity contribution is 5.88. The van der Waals surface area contributed by atoms with Gasteiger partial charge in [-0.3, -0.25) is 4.79 Å².